The van der Waals surface area contributed by atoms with E-state index >= 15 is 0 Å². The first-order chi connectivity index (χ1) is 10.2. The maximum Gasteiger partial charge on any atom is 0.276 e. The van der Waals surface area contributed by atoms with Crippen LogP contribution in [-0.2, 0) is 5.54 Å². The van der Waals surface area contributed by atoms with E-state index in [4.69, 9.17) is 21.9 Å². The monoisotopic (exact) mass is 303 g/mol. The van der Waals surface area contributed by atoms with Crippen LogP contribution < -0.4 is 5.73 Å². The van der Waals surface area contributed by atoms with Crippen LogP contribution in [-0.4, -0.2) is 19.5 Å². The number of nitrogens with two attached hydrogens (primary N) is 1. The maximum absolute atomic E-state index is 6.36. The molecule has 108 valence electrons. The first-order valence-electron chi connectivity index (χ1n) is 6.92. The lowest BCUT2D eigenvalue weighted by atomic mass is 9.99. The fourth-order valence-electron chi connectivity index (χ4n) is 2.89. The van der Waals surface area contributed by atoms with Crippen LogP contribution in [0.5, 0.6) is 0 Å². The van der Waals surface area contributed by atoms with Crippen LogP contribution >= 0.6 is 11.6 Å². The number of hydrogen-bond acceptors (Lipinski definition) is 5. The van der Waals surface area contributed by atoms with E-state index in [1.165, 1.54) is 0 Å². The molecule has 1 fully saturated rings. The minimum Gasteiger partial charge on any atom is -0.332 e. The number of rotatable bonds is 2. The Hall–Kier alpha value is -1.92. The molecule has 7 heteroatoms. The van der Waals surface area contributed by atoms with Gasteiger partial charge in [-0.15, -0.1) is 0 Å². The lowest BCUT2D eigenvalue weighted by molar-refractivity contribution is 0.372. The van der Waals surface area contributed by atoms with Gasteiger partial charge in [0.15, 0.2) is 11.5 Å². The van der Waals surface area contributed by atoms with Crippen molar-refractivity contribution in [3.05, 3.63) is 35.4 Å². The average Bonchev–Trinajstić information content (AvgIpc) is 3.16. The Kier molecular flexibility index (Phi) is 2.77. The average molecular weight is 304 g/mol. The highest BCUT2D eigenvalue weighted by Crippen LogP contribution is 2.35. The largest absolute Gasteiger partial charge is 0.332 e. The number of hydrogen-bond donors (Lipinski definition) is 1. The third kappa shape index (κ3) is 1.94. The number of imidazole rings is 1. The van der Waals surface area contributed by atoms with Gasteiger partial charge in [-0.1, -0.05) is 29.6 Å². The lowest BCUT2D eigenvalue weighted by Gasteiger charge is -2.17. The fraction of sp³-hybridized carbons (Fsp3) is 0.357. The molecular formula is C14H14ClN5O. The van der Waals surface area contributed by atoms with Gasteiger partial charge in [0, 0.05) is 6.20 Å². The van der Waals surface area contributed by atoms with Gasteiger partial charge < -0.3 is 10.3 Å². The number of nitrogens with zero attached hydrogens (tertiary/aromatic N) is 4. The van der Waals surface area contributed by atoms with E-state index in [1.807, 2.05) is 16.7 Å². The van der Waals surface area contributed by atoms with Gasteiger partial charge in [0.25, 0.3) is 5.89 Å². The molecule has 0 bridgehead atoms. The predicted octanol–water partition coefficient (Wildman–Crippen LogP) is 2.77. The van der Waals surface area contributed by atoms with E-state index in [2.05, 4.69) is 15.1 Å². The van der Waals surface area contributed by atoms with E-state index < -0.39 is 5.54 Å². The topological polar surface area (TPSA) is 82.2 Å². The Labute approximate surface area is 125 Å². The molecule has 0 saturated heterocycles. The molecule has 0 unspecified atom stereocenters. The molecule has 2 N–H and O–H groups in total. The molecule has 0 spiro atoms. The van der Waals surface area contributed by atoms with E-state index in [0.29, 0.717) is 28.1 Å². The number of halogens is 1. The van der Waals surface area contributed by atoms with E-state index in [1.54, 1.807) is 12.3 Å². The molecule has 1 saturated carbocycles. The van der Waals surface area contributed by atoms with Gasteiger partial charge in [0.05, 0.1) is 16.8 Å². The third-order valence-electron chi connectivity index (χ3n) is 4.07. The van der Waals surface area contributed by atoms with Crippen LogP contribution in [0.1, 0.15) is 31.5 Å². The second-order valence-corrected chi connectivity index (χ2v) is 5.89. The highest BCUT2D eigenvalue weighted by molar-refractivity contribution is 6.33. The zero-order valence-electron chi connectivity index (χ0n) is 11.3. The lowest BCUT2D eigenvalue weighted by Crippen LogP contribution is -2.34. The molecule has 4 rings (SSSR count). The summed E-state index contributed by atoms with van der Waals surface area (Å²) in [6, 6.07) is 3.64. The first kappa shape index (κ1) is 12.8. The van der Waals surface area contributed by atoms with Crippen molar-refractivity contribution in [2.75, 3.05) is 0 Å². The zero-order chi connectivity index (χ0) is 14.4. The SMILES string of the molecule is NC1(c2noc(-c3cnc4c(Cl)cccn34)n2)CCCC1. The van der Waals surface area contributed by atoms with Crippen molar-refractivity contribution < 1.29 is 4.52 Å². The van der Waals surface area contributed by atoms with Gasteiger partial charge in [0.1, 0.15) is 5.69 Å². The summed E-state index contributed by atoms with van der Waals surface area (Å²) in [5.74, 6) is 0.989. The fourth-order valence-corrected chi connectivity index (χ4v) is 3.11. The van der Waals surface area contributed by atoms with Gasteiger partial charge in [0.2, 0.25) is 0 Å². The smallest absolute Gasteiger partial charge is 0.276 e. The molecule has 0 radical (unpaired) electrons. The van der Waals surface area contributed by atoms with Crippen LogP contribution in [0.3, 0.4) is 0 Å². The van der Waals surface area contributed by atoms with Crippen molar-refractivity contribution >= 4 is 17.2 Å². The van der Waals surface area contributed by atoms with Crippen LogP contribution in [0.25, 0.3) is 17.2 Å². The zero-order valence-corrected chi connectivity index (χ0v) is 12.0. The van der Waals surface area contributed by atoms with E-state index in [9.17, 15) is 0 Å². The van der Waals surface area contributed by atoms with Gasteiger partial charge in [-0.3, -0.25) is 4.40 Å². The molecule has 6 nitrogen and oxygen atoms in total. The van der Waals surface area contributed by atoms with E-state index in [-0.39, 0.29) is 0 Å². The molecular weight excluding hydrogens is 290 g/mol. The van der Waals surface area contributed by atoms with Gasteiger partial charge in [-0.05, 0) is 25.0 Å². The van der Waals surface area contributed by atoms with Gasteiger partial charge >= 0.3 is 0 Å². The molecule has 3 heterocycles. The molecule has 1 aliphatic rings. The highest BCUT2D eigenvalue weighted by atomic mass is 35.5. The summed E-state index contributed by atoms with van der Waals surface area (Å²) >= 11 is 6.12. The molecule has 3 aromatic heterocycles. The predicted molar refractivity (Wildman–Crippen MR) is 77.8 cm³/mol. The first-order valence-corrected chi connectivity index (χ1v) is 7.30. The second kappa shape index (κ2) is 4.54. The summed E-state index contributed by atoms with van der Waals surface area (Å²) in [4.78, 5) is 8.77. The minimum atomic E-state index is -0.458. The third-order valence-corrected chi connectivity index (χ3v) is 4.37. The van der Waals surface area contributed by atoms with Gasteiger partial charge in [-0.25, -0.2) is 4.98 Å². The standard InChI is InChI=1S/C14H14ClN5O/c15-9-4-3-7-20-10(8-17-11(9)20)12-18-13(19-21-12)14(16)5-1-2-6-14/h3-4,7-8H,1-2,5-6,16H2. The molecule has 21 heavy (non-hydrogen) atoms. The quantitative estimate of drug-likeness (QED) is 0.787. The summed E-state index contributed by atoms with van der Waals surface area (Å²) in [6.45, 7) is 0. The highest BCUT2D eigenvalue weighted by Gasteiger charge is 2.36. The summed E-state index contributed by atoms with van der Waals surface area (Å²) in [5.41, 5.74) is 7.28. The summed E-state index contributed by atoms with van der Waals surface area (Å²) in [6.07, 6.45) is 7.53. The van der Waals surface area contributed by atoms with Crippen LogP contribution in [0.4, 0.5) is 0 Å². The summed E-state index contributed by atoms with van der Waals surface area (Å²) < 4.78 is 7.22. The Morgan fingerprint density at radius 3 is 2.95 bits per heavy atom. The van der Waals surface area contributed by atoms with Crippen molar-refractivity contribution in [1.82, 2.24) is 19.5 Å². The van der Waals surface area contributed by atoms with Crippen LogP contribution in [0.15, 0.2) is 29.0 Å². The van der Waals surface area contributed by atoms with Crippen LogP contribution in [0.2, 0.25) is 5.02 Å². The summed E-state index contributed by atoms with van der Waals surface area (Å²) in [7, 11) is 0. The molecule has 0 aliphatic heterocycles. The van der Waals surface area contributed by atoms with Crippen LogP contribution in [0, 0.1) is 0 Å². The normalized spacial score (nSPS) is 17.6. The van der Waals surface area contributed by atoms with E-state index in [0.717, 1.165) is 25.7 Å². The Morgan fingerprint density at radius 2 is 2.14 bits per heavy atom. The molecule has 3 aromatic rings. The Balaban J connectivity index is 1.80. The van der Waals surface area contributed by atoms with Crippen molar-refractivity contribution in [3.63, 3.8) is 0 Å². The Morgan fingerprint density at radius 1 is 1.33 bits per heavy atom. The van der Waals surface area contributed by atoms with Crippen molar-refractivity contribution in [1.29, 1.82) is 0 Å². The number of fused-ring (bicyclic) bond motifs is 1. The number of aromatic nitrogens is 4. The molecule has 0 aromatic carbocycles. The Bertz CT molecular complexity index is 803. The minimum absolute atomic E-state index is 0.413. The summed E-state index contributed by atoms with van der Waals surface area (Å²) in [5, 5.41) is 4.65. The molecule has 0 atom stereocenters. The number of pyridine rings is 1. The van der Waals surface area contributed by atoms with Crippen molar-refractivity contribution in [2.45, 2.75) is 31.2 Å². The van der Waals surface area contributed by atoms with Crippen molar-refractivity contribution in [3.8, 4) is 11.6 Å². The second-order valence-electron chi connectivity index (χ2n) is 5.48. The molecule has 0 amide bonds. The van der Waals surface area contributed by atoms with Crippen molar-refractivity contribution in [2.24, 2.45) is 5.73 Å². The van der Waals surface area contributed by atoms with Gasteiger partial charge in [-0.2, -0.15) is 4.98 Å². The molecule has 1 aliphatic carbocycles. The maximum atomic E-state index is 6.36.